The fourth-order valence-corrected chi connectivity index (χ4v) is 2.09. The largest absolute Gasteiger partial charge is 0.344 e. The number of rotatable bonds is 1. The van der Waals surface area contributed by atoms with E-state index in [0.717, 1.165) is 5.57 Å². The van der Waals surface area contributed by atoms with Crippen molar-refractivity contribution in [1.29, 1.82) is 0 Å². The summed E-state index contributed by atoms with van der Waals surface area (Å²) in [5.74, 6) is 0. The summed E-state index contributed by atoms with van der Waals surface area (Å²) in [6, 6.07) is 0. The van der Waals surface area contributed by atoms with Gasteiger partial charge in [0, 0.05) is 0 Å². The summed E-state index contributed by atoms with van der Waals surface area (Å²) >= 11 is 0. The monoisotopic (exact) mass is 187 g/mol. The van der Waals surface area contributed by atoms with Crippen LogP contribution in [-0.4, -0.2) is 13.0 Å². The fraction of sp³-hybridized carbons (Fsp3) is 0.143. The molecule has 0 unspecified atom stereocenters. The van der Waals surface area contributed by atoms with Gasteiger partial charge in [-0.3, -0.25) is 4.55 Å². The number of fused-ring (bicyclic) bond motifs is 2. The fourth-order valence-electron chi connectivity index (χ4n) is 1.31. The first-order valence-corrected chi connectivity index (χ1v) is 4.61. The molecule has 4 N–H and O–H groups in total. The zero-order valence-corrected chi connectivity index (χ0v) is 7.13. The summed E-state index contributed by atoms with van der Waals surface area (Å²) in [5.41, 5.74) is 1.65. The van der Waals surface area contributed by atoms with E-state index in [0.29, 0.717) is 12.0 Å². The first kappa shape index (κ1) is 9.18. The van der Waals surface area contributed by atoms with Crippen molar-refractivity contribution in [2.45, 2.75) is 6.42 Å². The van der Waals surface area contributed by atoms with E-state index in [1.165, 1.54) is 6.08 Å². The first-order valence-electron chi connectivity index (χ1n) is 3.17. The smallest absolute Gasteiger partial charge is 0.294 e. The number of allylic oxidation sites excluding steroid dienone is 5. The molecule has 0 spiro atoms. The SMILES string of the molecule is N.O=S(=O)(O)C1=C2C=CC(=C1)C2. The zero-order chi connectivity index (χ0) is 8.06. The van der Waals surface area contributed by atoms with Crippen LogP contribution in [-0.2, 0) is 10.1 Å². The molecule has 0 amide bonds. The van der Waals surface area contributed by atoms with Crippen LogP contribution in [0, 0.1) is 0 Å². The Morgan fingerprint density at radius 1 is 1.33 bits per heavy atom. The normalized spacial score (nSPS) is 19.6. The molecule has 5 heteroatoms. The molecule has 12 heavy (non-hydrogen) atoms. The molecule has 0 aromatic carbocycles. The maximum Gasteiger partial charge on any atom is 0.294 e. The molecule has 0 atom stereocenters. The second-order valence-corrected chi connectivity index (χ2v) is 3.98. The Bertz CT molecular complexity index is 400. The first-order chi connectivity index (χ1) is 5.07. The van der Waals surface area contributed by atoms with Crippen molar-refractivity contribution >= 4 is 10.1 Å². The molecule has 4 nitrogen and oxygen atoms in total. The minimum absolute atomic E-state index is 0. The predicted molar refractivity (Wildman–Crippen MR) is 45.4 cm³/mol. The van der Waals surface area contributed by atoms with E-state index in [1.807, 2.05) is 6.08 Å². The third-order valence-corrected chi connectivity index (χ3v) is 2.74. The Balaban J connectivity index is 0.000000720. The minimum Gasteiger partial charge on any atom is -0.344 e. The van der Waals surface area contributed by atoms with Gasteiger partial charge in [0.1, 0.15) is 0 Å². The lowest BCUT2D eigenvalue weighted by molar-refractivity contribution is 0.492. The van der Waals surface area contributed by atoms with Gasteiger partial charge in [-0.2, -0.15) is 8.42 Å². The quantitative estimate of drug-likeness (QED) is 0.603. The van der Waals surface area contributed by atoms with Gasteiger partial charge in [-0.05, 0) is 23.6 Å². The molecular formula is C7H9NO3S. The lowest BCUT2D eigenvalue weighted by atomic mass is 10.3. The average Bonchev–Trinajstić information content (AvgIpc) is 2.42. The van der Waals surface area contributed by atoms with Crippen molar-refractivity contribution in [1.82, 2.24) is 6.15 Å². The summed E-state index contributed by atoms with van der Waals surface area (Å²) in [4.78, 5) is 0.0648. The third-order valence-electron chi connectivity index (χ3n) is 1.80. The molecule has 0 saturated carbocycles. The van der Waals surface area contributed by atoms with Gasteiger partial charge in [0.05, 0.1) is 4.91 Å². The highest BCUT2D eigenvalue weighted by Crippen LogP contribution is 2.35. The highest BCUT2D eigenvalue weighted by Gasteiger charge is 2.25. The van der Waals surface area contributed by atoms with Crippen LogP contribution in [0.3, 0.4) is 0 Å². The average molecular weight is 187 g/mol. The van der Waals surface area contributed by atoms with Gasteiger partial charge in [0.25, 0.3) is 10.1 Å². The van der Waals surface area contributed by atoms with Gasteiger partial charge >= 0.3 is 0 Å². The van der Waals surface area contributed by atoms with Crippen LogP contribution in [0.25, 0.3) is 0 Å². The van der Waals surface area contributed by atoms with Gasteiger partial charge in [-0.25, -0.2) is 0 Å². The Labute approximate surface area is 70.6 Å². The second kappa shape index (κ2) is 2.55. The van der Waals surface area contributed by atoms with Crippen molar-refractivity contribution in [2.24, 2.45) is 0 Å². The van der Waals surface area contributed by atoms with E-state index < -0.39 is 10.1 Å². The molecule has 2 aliphatic carbocycles. The Hall–Kier alpha value is -0.910. The molecule has 0 saturated heterocycles. The van der Waals surface area contributed by atoms with E-state index in [1.54, 1.807) is 6.08 Å². The van der Waals surface area contributed by atoms with Gasteiger partial charge in [0.2, 0.25) is 0 Å². The molecule has 66 valence electrons. The van der Waals surface area contributed by atoms with Crippen molar-refractivity contribution in [3.63, 3.8) is 0 Å². The van der Waals surface area contributed by atoms with Crippen molar-refractivity contribution in [2.75, 3.05) is 0 Å². The molecule has 0 heterocycles. The summed E-state index contributed by atoms with van der Waals surface area (Å²) in [6.45, 7) is 0. The molecule has 0 fully saturated rings. The van der Waals surface area contributed by atoms with Gasteiger partial charge in [-0.1, -0.05) is 12.2 Å². The molecule has 2 bridgehead atoms. The topological polar surface area (TPSA) is 89.4 Å². The molecule has 0 aliphatic heterocycles. The second-order valence-electron chi connectivity index (χ2n) is 2.59. The molecular weight excluding hydrogens is 178 g/mol. The van der Waals surface area contributed by atoms with Crippen molar-refractivity contribution in [3.05, 3.63) is 34.3 Å². The van der Waals surface area contributed by atoms with Crippen LogP contribution in [0.4, 0.5) is 0 Å². The van der Waals surface area contributed by atoms with Crippen LogP contribution in [0.5, 0.6) is 0 Å². The van der Waals surface area contributed by atoms with Crippen LogP contribution in [0.2, 0.25) is 0 Å². The predicted octanol–water partition coefficient (Wildman–Crippen LogP) is 1.19. The maximum atomic E-state index is 10.6. The van der Waals surface area contributed by atoms with E-state index in [9.17, 15) is 8.42 Å². The lowest BCUT2D eigenvalue weighted by Crippen LogP contribution is -2.00. The van der Waals surface area contributed by atoms with E-state index in [2.05, 4.69) is 0 Å². The maximum absolute atomic E-state index is 10.6. The standard InChI is InChI=1S/C7H6O3S.H3N/c8-11(9,10)7-4-5-1-2-6(7)3-5;/h1-2,4H,3H2,(H,8,9,10);1H3. The Morgan fingerprint density at radius 3 is 2.25 bits per heavy atom. The van der Waals surface area contributed by atoms with E-state index in [-0.39, 0.29) is 11.1 Å². The van der Waals surface area contributed by atoms with Gasteiger partial charge in [-0.15, -0.1) is 0 Å². The van der Waals surface area contributed by atoms with Crippen LogP contribution >= 0.6 is 0 Å². The van der Waals surface area contributed by atoms with Gasteiger partial charge < -0.3 is 6.15 Å². The minimum atomic E-state index is -3.98. The Kier molecular flexibility index (Phi) is 1.95. The van der Waals surface area contributed by atoms with Crippen LogP contribution < -0.4 is 6.15 Å². The zero-order valence-electron chi connectivity index (χ0n) is 6.32. The van der Waals surface area contributed by atoms with Crippen LogP contribution in [0.15, 0.2) is 34.3 Å². The highest BCUT2D eigenvalue weighted by atomic mass is 32.2. The van der Waals surface area contributed by atoms with E-state index in [4.69, 9.17) is 4.55 Å². The highest BCUT2D eigenvalue weighted by molar-refractivity contribution is 7.90. The Morgan fingerprint density at radius 2 is 2.00 bits per heavy atom. The summed E-state index contributed by atoms with van der Waals surface area (Å²) in [6.07, 6.45) is 5.72. The molecule has 0 aromatic rings. The number of hydrogen-bond donors (Lipinski definition) is 2. The summed E-state index contributed by atoms with van der Waals surface area (Å²) in [5, 5.41) is 0. The molecule has 2 aliphatic rings. The molecule has 2 rings (SSSR count). The molecule has 0 radical (unpaired) electrons. The van der Waals surface area contributed by atoms with E-state index >= 15 is 0 Å². The third kappa shape index (κ3) is 1.22. The molecule has 0 aromatic heterocycles. The summed E-state index contributed by atoms with van der Waals surface area (Å²) < 4.78 is 30.0. The van der Waals surface area contributed by atoms with Crippen molar-refractivity contribution < 1.29 is 13.0 Å². The lowest BCUT2D eigenvalue weighted by Gasteiger charge is -1.96. The van der Waals surface area contributed by atoms with Gasteiger partial charge in [0.15, 0.2) is 0 Å². The van der Waals surface area contributed by atoms with Crippen molar-refractivity contribution in [3.8, 4) is 0 Å². The summed E-state index contributed by atoms with van der Waals surface area (Å²) in [7, 11) is -3.98. The number of hydrogen-bond acceptors (Lipinski definition) is 3. The van der Waals surface area contributed by atoms with Crippen LogP contribution in [0.1, 0.15) is 6.42 Å².